The molecule has 7 nitrogen and oxygen atoms in total. The molecule has 1 amide bonds. The topological polar surface area (TPSA) is 92.8 Å². The number of fused-ring (bicyclic) bond motifs is 1. The summed E-state index contributed by atoms with van der Waals surface area (Å²) in [5.74, 6) is -2.89. The number of ether oxygens (including phenoxy) is 1. The van der Waals surface area contributed by atoms with Crippen LogP contribution >= 0.6 is 0 Å². The number of benzene rings is 3. The minimum Gasteiger partial charge on any atom is -0.372 e. The van der Waals surface area contributed by atoms with Gasteiger partial charge in [-0.1, -0.05) is 42.5 Å². The van der Waals surface area contributed by atoms with E-state index in [1.54, 1.807) is 30.3 Å². The van der Waals surface area contributed by atoms with Gasteiger partial charge in [0.15, 0.2) is 0 Å². The Morgan fingerprint density at radius 2 is 1.60 bits per heavy atom. The van der Waals surface area contributed by atoms with Crippen LogP contribution in [0.5, 0.6) is 0 Å². The first-order chi connectivity index (χ1) is 17.1. The quantitative estimate of drug-likeness (QED) is 0.338. The molecule has 0 aliphatic rings. The molecule has 35 heavy (non-hydrogen) atoms. The smallest absolute Gasteiger partial charge is 0.261 e. The Hall–Kier alpha value is -4.50. The van der Waals surface area contributed by atoms with Gasteiger partial charge in [-0.25, -0.2) is 13.8 Å². The van der Waals surface area contributed by atoms with E-state index >= 15 is 4.39 Å². The van der Waals surface area contributed by atoms with Crippen LogP contribution in [-0.4, -0.2) is 26.3 Å². The standard InChI is InChI=1S/C26H19F2N5O2/c27-20-11-10-19(21-12-13-22-25(30-21)32-33-31-22)24(28)23(20)26(34)29-18-8-6-17(7-9-18)15-35-14-16-4-2-1-3-5-16/h1-13H,14-15H2,(H,29,34)(H,30,31,32,33). The van der Waals surface area contributed by atoms with Crippen LogP contribution in [0.15, 0.2) is 78.9 Å². The number of hydrogen-bond acceptors (Lipinski definition) is 5. The largest absolute Gasteiger partial charge is 0.372 e. The lowest BCUT2D eigenvalue weighted by atomic mass is 10.0. The number of pyridine rings is 1. The first-order valence-corrected chi connectivity index (χ1v) is 10.8. The lowest BCUT2D eigenvalue weighted by Crippen LogP contribution is -2.16. The van der Waals surface area contributed by atoms with E-state index in [4.69, 9.17) is 4.74 Å². The molecule has 2 heterocycles. The maximum atomic E-state index is 15.2. The summed E-state index contributed by atoms with van der Waals surface area (Å²) in [6.07, 6.45) is 0. The minimum absolute atomic E-state index is 0.0210. The predicted molar refractivity (Wildman–Crippen MR) is 126 cm³/mol. The van der Waals surface area contributed by atoms with Gasteiger partial charge in [0, 0.05) is 11.3 Å². The fourth-order valence-corrected chi connectivity index (χ4v) is 3.58. The van der Waals surface area contributed by atoms with Gasteiger partial charge in [-0.05, 0) is 47.5 Å². The number of nitrogens with zero attached hydrogens (tertiary/aromatic N) is 3. The first-order valence-electron chi connectivity index (χ1n) is 10.8. The molecule has 2 N–H and O–H groups in total. The van der Waals surface area contributed by atoms with Crippen molar-refractivity contribution in [2.24, 2.45) is 0 Å². The second-order valence-electron chi connectivity index (χ2n) is 7.78. The van der Waals surface area contributed by atoms with Crippen molar-refractivity contribution in [3.8, 4) is 11.3 Å². The molecule has 0 aliphatic heterocycles. The summed E-state index contributed by atoms with van der Waals surface area (Å²) in [7, 11) is 0. The molecule has 0 unspecified atom stereocenters. The molecular weight excluding hydrogens is 452 g/mol. The molecular formula is C26H19F2N5O2. The average molecular weight is 471 g/mol. The highest BCUT2D eigenvalue weighted by Gasteiger charge is 2.22. The first kappa shape index (κ1) is 22.3. The summed E-state index contributed by atoms with van der Waals surface area (Å²) < 4.78 is 35.4. The van der Waals surface area contributed by atoms with E-state index in [-0.39, 0.29) is 16.9 Å². The molecule has 0 atom stereocenters. The second kappa shape index (κ2) is 9.78. The van der Waals surface area contributed by atoms with Crippen molar-refractivity contribution in [3.63, 3.8) is 0 Å². The summed E-state index contributed by atoms with van der Waals surface area (Å²) >= 11 is 0. The molecule has 174 valence electrons. The monoisotopic (exact) mass is 471 g/mol. The van der Waals surface area contributed by atoms with E-state index in [1.807, 2.05) is 30.3 Å². The summed E-state index contributed by atoms with van der Waals surface area (Å²) in [5.41, 5.74) is 2.64. The van der Waals surface area contributed by atoms with E-state index in [0.29, 0.717) is 24.4 Å². The highest BCUT2D eigenvalue weighted by atomic mass is 19.1. The summed E-state index contributed by atoms with van der Waals surface area (Å²) in [6.45, 7) is 0.865. The molecule has 2 aromatic heterocycles. The van der Waals surface area contributed by atoms with Gasteiger partial charge in [0.05, 0.1) is 18.9 Å². The van der Waals surface area contributed by atoms with Crippen LogP contribution in [0.4, 0.5) is 14.5 Å². The van der Waals surface area contributed by atoms with Crippen molar-refractivity contribution in [3.05, 3.63) is 107 Å². The van der Waals surface area contributed by atoms with Gasteiger partial charge < -0.3 is 10.1 Å². The van der Waals surface area contributed by atoms with Gasteiger partial charge in [-0.15, -0.1) is 5.10 Å². The molecule has 5 rings (SSSR count). The molecule has 0 spiro atoms. The fourth-order valence-electron chi connectivity index (χ4n) is 3.58. The Morgan fingerprint density at radius 1 is 0.857 bits per heavy atom. The minimum atomic E-state index is -1.01. The van der Waals surface area contributed by atoms with Crippen LogP contribution in [-0.2, 0) is 18.0 Å². The number of H-pyrrole nitrogens is 1. The zero-order chi connectivity index (χ0) is 24.2. The molecule has 0 fully saturated rings. The Kier molecular flexibility index (Phi) is 6.23. The lowest BCUT2D eigenvalue weighted by Gasteiger charge is -2.11. The molecule has 0 saturated heterocycles. The van der Waals surface area contributed by atoms with Crippen LogP contribution < -0.4 is 5.32 Å². The molecule has 0 saturated carbocycles. The van der Waals surface area contributed by atoms with Gasteiger partial charge in [-0.3, -0.25) is 4.79 Å². The average Bonchev–Trinajstić information content (AvgIpc) is 3.34. The third-order valence-corrected chi connectivity index (χ3v) is 5.37. The van der Waals surface area contributed by atoms with Gasteiger partial charge in [0.1, 0.15) is 22.7 Å². The Bertz CT molecular complexity index is 1490. The molecule has 0 radical (unpaired) electrons. The highest BCUT2D eigenvalue weighted by Crippen LogP contribution is 2.27. The number of carbonyl (C=O) groups is 1. The summed E-state index contributed by atoms with van der Waals surface area (Å²) in [4.78, 5) is 17.0. The lowest BCUT2D eigenvalue weighted by molar-refractivity contribution is 0.101. The van der Waals surface area contributed by atoms with Gasteiger partial charge in [-0.2, -0.15) is 10.3 Å². The van der Waals surface area contributed by atoms with E-state index < -0.39 is 23.1 Å². The number of nitrogens with one attached hydrogen (secondary N) is 2. The molecule has 3 aromatic carbocycles. The number of aromatic nitrogens is 4. The van der Waals surface area contributed by atoms with E-state index in [2.05, 4.69) is 25.7 Å². The third-order valence-electron chi connectivity index (χ3n) is 5.37. The van der Waals surface area contributed by atoms with Crippen LogP contribution in [0.3, 0.4) is 0 Å². The third kappa shape index (κ3) is 4.90. The van der Waals surface area contributed by atoms with E-state index in [1.165, 1.54) is 12.1 Å². The van der Waals surface area contributed by atoms with E-state index in [0.717, 1.165) is 17.2 Å². The highest BCUT2D eigenvalue weighted by molar-refractivity contribution is 6.05. The molecule has 5 aromatic rings. The Morgan fingerprint density at radius 3 is 2.37 bits per heavy atom. The van der Waals surface area contributed by atoms with Crippen molar-refractivity contribution in [1.29, 1.82) is 0 Å². The fraction of sp³-hybridized carbons (Fsp3) is 0.0769. The second-order valence-corrected chi connectivity index (χ2v) is 7.78. The molecule has 9 heteroatoms. The predicted octanol–water partition coefficient (Wildman–Crippen LogP) is 5.27. The normalized spacial score (nSPS) is 11.0. The van der Waals surface area contributed by atoms with Crippen LogP contribution in [0.2, 0.25) is 0 Å². The van der Waals surface area contributed by atoms with Gasteiger partial charge in [0.2, 0.25) is 5.65 Å². The number of halogens is 2. The maximum Gasteiger partial charge on any atom is 0.261 e. The SMILES string of the molecule is O=C(Nc1ccc(COCc2ccccc2)cc1)c1c(F)ccc(-c2ccc3n[nH]nc3n2)c1F. The number of rotatable bonds is 7. The van der Waals surface area contributed by atoms with Crippen molar-refractivity contribution in [2.45, 2.75) is 13.2 Å². The molecule has 0 aliphatic carbocycles. The number of hydrogen-bond donors (Lipinski definition) is 2. The van der Waals surface area contributed by atoms with Crippen LogP contribution in [0, 0.1) is 11.6 Å². The van der Waals surface area contributed by atoms with Crippen molar-refractivity contribution in [1.82, 2.24) is 20.4 Å². The van der Waals surface area contributed by atoms with Crippen LogP contribution in [0.1, 0.15) is 21.5 Å². The number of carbonyl (C=O) groups excluding carboxylic acids is 1. The Balaban J connectivity index is 1.29. The van der Waals surface area contributed by atoms with Crippen molar-refractivity contribution >= 4 is 22.8 Å². The Labute approximate surface area is 198 Å². The van der Waals surface area contributed by atoms with Crippen molar-refractivity contribution < 1.29 is 18.3 Å². The zero-order valence-electron chi connectivity index (χ0n) is 18.3. The molecule has 0 bridgehead atoms. The number of anilines is 1. The number of aromatic amines is 1. The van der Waals surface area contributed by atoms with Gasteiger partial charge >= 0.3 is 0 Å². The van der Waals surface area contributed by atoms with Gasteiger partial charge in [0.25, 0.3) is 5.91 Å². The van der Waals surface area contributed by atoms with Crippen LogP contribution in [0.25, 0.3) is 22.4 Å². The summed E-state index contributed by atoms with van der Waals surface area (Å²) in [6, 6.07) is 22.1. The zero-order valence-corrected chi connectivity index (χ0v) is 18.3. The number of amides is 1. The van der Waals surface area contributed by atoms with Crippen molar-refractivity contribution in [2.75, 3.05) is 5.32 Å². The van der Waals surface area contributed by atoms with E-state index in [9.17, 15) is 9.18 Å². The summed E-state index contributed by atoms with van der Waals surface area (Å²) in [5, 5.41) is 12.7. The maximum absolute atomic E-state index is 15.2.